The zero-order valence-electron chi connectivity index (χ0n) is 20.1. The third kappa shape index (κ3) is 5.49. The molecule has 0 aliphatic carbocycles. The SMILES string of the molecule is CCOC(O)N1CCN(c2ccc(-c3n[nH]c4ccc(O[C@H](N)c5c(Cl)cncc5Cl)cc34)cn2)CC1. The standard InChI is InChI=1S/C25H27Cl2N7O3/c1-2-36-25(35)34-9-7-33(8-10-34)21-6-3-15(12-30-21)23-17-11-16(4-5-20(17)31-32-23)37-24(28)22-18(26)13-29-14-19(22)27/h3-6,11-14,24-25,35H,2,7-10,28H2,1H3,(H,31,32)/t24-,25?/m0/s1. The predicted molar refractivity (Wildman–Crippen MR) is 143 cm³/mol. The predicted octanol–water partition coefficient (Wildman–Crippen LogP) is 3.80. The van der Waals surface area contributed by atoms with Crippen LogP contribution in [0.2, 0.25) is 10.0 Å². The Morgan fingerprint density at radius 3 is 2.51 bits per heavy atom. The minimum atomic E-state index is -0.869. The Morgan fingerprint density at radius 1 is 1.08 bits per heavy atom. The number of rotatable bonds is 8. The van der Waals surface area contributed by atoms with Crippen molar-refractivity contribution in [2.24, 2.45) is 5.73 Å². The van der Waals surface area contributed by atoms with Gasteiger partial charge in [0.05, 0.1) is 15.6 Å². The number of anilines is 1. The van der Waals surface area contributed by atoms with Gasteiger partial charge in [-0.25, -0.2) is 4.98 Å². The molecule has 4 heterocycles. The molecule has 0 bridgehead atoms. The van der Waals surface area contributed by atoms with E-state index >= 15 is 0 Å². The highest BCUT2D eigenvalue weighted by molar-refractivity contribution is 6.35. The van der Waals surface area contributed by atoms with Crippen LogP contribution in [-0.4, -0.2) is 69.4 Å². The summed E-state index contributed by atoms with van der Waals surface area (Å²) in [5.41, 5.74) is 9.18. The van der Waals surface area contributed by atoms with Crippen molar-refractivity contribution in [2.45, 2.75) is 19.6 Å². The number of fused-ring (bicyclic) bond motifs is 1. The summed E-state index contributed by atoms with van der Waals surface area (Å²) in [6.45, 7) is 5.21. The summed E-state index contributed by atoms with van der Waals surface area (Å²) in [5, 5.41) is 19.1. The Hall–Kier alpha value is -2.99. The molecular weight excluding hydrogens is 517 g/mol. The zero-order valence-corrected chi connectivity index (χ0v) is 21.7. The maximum absolute atomic E-state index is 10.0. The zero-order chi connectivity index (χ0) is 25.9. The lowest BCUT2D eigenvalue weighted by molar-refractivity contribution is -0.191. The molecule has 1 unspecified atom stereocenters. The van der Waals surface area contributed by atoms with Crippen LogP contribution in [0.3, 0.4) is 0 Å². The Labute approximate surface area is 223 Å². The molecule has 1 aromatic carbocycles. The van der Waals surface area contributed by atoms with Crippen molar-refractivity contribution < 1.29 is 14.6 Å². The maximum atomic E-state index is 10.0. The summed E-state index contributed by atoms with van der Waals surface area (Å²) in [6, 6.07) is 9.52. The number of aliphatic hydroxyl groups excluding tert-OH is 1. The smallest absolute Gasteiger partial charge is 0.216 e. The van der Waals surface area contributed by atoms with E-state index < -0.39 is 12.6 Å². The quantitative estimate of drug-likeness (QED) is 0.284. The topological polar surface area (TPSA) is 126 Å². The Kier molecular flexibility index (Phi) is 7.75. The van der Waals surface area contributed by atoms with Crippen LogP contribution >= 0.6 is 23.2 Å². The largest absolute Gasteiger partial charge is 0.471 e. The van der Waals surface area contributed by atoms with Crippen LogP contribution in [-0.2, 0) is 4.74 Å². The van der Waals surface area contributed by atoms with Gasteiger partial charge in [-0.1, -0.05) is 23.2 Å². The van der Waals surface area contributed by atoms with Gasteiger partial charge in [0.1, 0.15) is 17.3 Å². The molecule has 0 amide bonds. The second-order valence-corrected chi connectivity index (χ2v) is 9.36. The number of hydrogen-bond donors (Lipinski definition) is 3. The lowest BCUT2D eigenvalue weighted by Gasteiger charge is -2.37. The van der Waals surface area contributed by atoms with E-state index in [9.17, 15) is 5.11 Å². The van der Waals surface area contributed by atoms with Crippen molar-refractivity contribution in [1.82, 2.24) is 25.1 Å². The molecule has 1 aliphatic heterocycles. The number of nitrogens with two attached hydrogens (primary N) is 1. The van der Waals surface area contributed by atoms with E-state index in [2.05, 4.69) is 25.1 Å². The number of halogens is 2. The molecule has 0 radical (unpaired) electrons. The summed E-state index contributed by atoms with van der Waals surface area (Å²) in [6.07, 6.45) is 3.03. The molecular formula is C25H27Cl2N7O3. The van der Waals surface area contributed by atoms with Crippen molar-refractivity contribution in [3.63, 3.8) is 0 Å². The highest BCUT2D eigenvalue weighted by atomic mass is 35.5. The molecule has 1 fully saturated rings. The molecule has 4 N–H and O–H groups in total. The molecule has 194 valence electrons. The van der Waals surface area contributed by atoms with Gasteiger partial charge in [-0.3, -0.25) is 20.7 Å². The van der Waals surface area contributed by atoms with Gasteiger partial charge in [-0.15, -0.1) is 0 Å². The first kappa shape index (κ1) is 25.7. The Balaban J connectivity index is 1.31. The fraction of sp³-hybridized carbons (Fsp3) is 0.320. The van der Waals surface area contributed by atoms with E-state index in [1.165, 1.54) is 12.4 Å². The highest BCUT2D eigenvalue weighted by Crippen LogP contribution is 2.33. The van der Waals surface area contributed by atoms with E-state index in [4.69, 9.17) is 38.4 Å². The van der Waals surface area contributed by atoms with Crippen LogP contribution in [0.15, 0.2) is 48.9 Å². The van der Waals surface area contributed by atoms with Crippen molar-refractivity contribution in [3.8, 4) is 17.0 Å². The molecule has 37 heavy (non-hydrogen) atoms. The van der Waals surface area contributed by atoms with Crippen LogP contribution < -0.4 is 15.4 Å². The van der Waals surface area contributed by atoms with Gasteiger partial charge >= 0.3 is 0 Å². The summed E-state index contributed by atoms with van der Waals surface area (Å²) < 4.78 is 11.2. The number of nitrogens with one attached hydrogen (secondary N) is 1. The Morgan fingerprint density at radius 2 is 1.84 bits per heavy atom. The fourth-order valence-corrected chi connectivity index (χ4v) is 4.90. The number of H-pyrrole nitrogens is 1. The molecule has 12 heteroatoms. The minimum Gasteiger partial charge on any atom is -0.471 e. The normalized spacial score (nSPS) is 16.2. The van der Waals surface area contributed by atoms with E-state index in [-0.39, 0.29) is 0 Å². The number of benzene rings is 1. The average molecular weight is 544 g/mol. The molecule has 10 nitrogen and oxygen atoms in total. The minimum absolute atomic E-state index is 0.336. The maximum Gasteiger partial charge on any atom is 0.216 e. The first-order valence-corrected chi connectivity index (χ1v) is 12.6. The van der Waals surface area contributed by atoms with Crippen molar-refractivity contribution in [3.05, 3.63) is 64.5 Å². The van der Waals surface area contributed by atoms with Crippen LogP contribution in [0.4, 0.5) is 5.82 Å². The first-order chi connectivity index (χ1) is 17.9. The van der Waals surface area contributed by atoms with Crippen molar-refractivity contribution in [2.75, 3.05) is 37.7 Å². The molecule has 1 aliphatic rings. The third-order valence-corrected chi connectivity index (χ3v) is 6.86. The third-order valence-electron chi connectivity index (χ3n) is 6.26. The van der Waals surface area contributed by atoms with E-state index in [0.29, 0.717) is 41.1 Å². The number of piperazine rings is 1. The summed E-state index contributed by atoms with van der Waals surface area (Å²) in [7, 11) is 0. The molecule has 5 rings (SSSR count). The number of pyridine rings is 2. The monoisotopic (exact) mass is 543 g/mol. The molecule has 1 saturated heterocycles. The van der Waals surface area contributed by atoms with Gasteiger partial charge in [-0.2, -0.15) is 5.10 Å². The van der Waals surface area contributed by atoms with Gasteiger partial charge in [0.25, 0.3) is 0 Å². The number of ether oxygens (including phenoxy) is 2. The van der Waals surface area contributed by atoms with Crippen LogP contribution in [0, 0.1) is 0 Å². The van der Waals surface area contributed by atoms with Crippen molar-refractivity contribution >= 4 is 39.9 Å². The number of aliphatic hydroxyl groups is 1. The fourth-order valence-electron chi connectivity index (χ4n) is 4.32. The number of nitrogens with zero attached hydrogens (tertiary/aromatic N) is 5. The van der Waals surface area contributed by atoms with Gasteiger partial charge in [0, 0.05) is 67.9 Å². The van der Waals surface area contributed by atoms with Gasteiger partial charge in [0.15, 0.2) is 6.23 Å². The van der Waals surface area contributed by atoms with Gasteiger partial charge in [-0.05, 0) is 37.3 Å². The molecule has 0 spiro atoms. The lowest BCUT2D eigenvalue weighted by Crippen LogP contribution is -2.51. The number of aromatic amines is 1. The molecule has 0 saturated carbocycles. The molecule has 2 atom stereocenters. The summed E-state index contributed by atoms with van der Waals surface area (Å²) in [5.74, 6) is 1.42. The summed E-state index contributed by atoms with van der Waals surface area (Å²) >= 11 is 12.4. The average Bonchev–Trinajstić information content (AvgIpc) is 3.32. The van der Waals surface area contributed by atoms with E-state index in [1.54, 1.807) is 6.07 Å². The Bertz CT molecular complexity index is 1340. The molecule has 4 aromatic rings. The van der Waals surface area contributed by atoms with Crippen LogP contribution in [0.1, 0.15) is 18.7 Å². The summed E-state index contributed by atoms with van der Waals surface area (Å²) in [4.78, 5) is 12.7. The first-order valence-electron chi connectivity index (χ1n) is 11.9. The van der Waals surface area contributed by atoms with Crippen LogP contribution in [0.25, 0.3) is 22.2 Å². The van der Waals surface area contributed by atoms with E-state index in [1.807, 2.05) is 42.3 Å². The number of aromatic nitrogens is 4. The van der Waals surface area contributed by atoms with Gasteiger partial charge in [0.2, 0.25) is 6.41 Å². The molecule has 3 aromatic heterocycles. The highest BCUT2D eigenvalue weighted by Gasteiger charge is 2.23. The number of hydrogen-bond acceptors (Lipinski definition) is 9. The van der Waals surface area contributed by atoms with Gasteiger partial charge < -0.3 is 19.5 Å². The lowest BCUT2D eigenvalue weighted by atomic mass is 10.1. The van der Waals surface area contributed by atoms with Crippen LogP contribution in [0.5, 0.6) is 5.75 Å². The van der Waals surface area contributed by atoms with Crippen molar-refractivity contribution in [1.29, 1.82) is 0 Å². The second-order valence-electron chi connectivity index (χ2n) is 8.54. The second kappa shape index (κ2) is 11.2. The van der Waals surface area contributed by atoms with E-state index in [0.717, 1.165) is 41.1 Å².